The monoisotopic (exact) mass is 304 g/mol. The van der Waals surface area contributed by atoms with E-state index < -0.39 is 11.9 Å². The highest BCUT2D eigenvalue weighted by Gasteiger charge is 2.32. The lowest BCUT2D eigenvalue weighted by molar-refractivity contribution is -0.141. The fraction of sp³-hybridized carbons (Fsp3) is 0.250. The van der Waals surface area contributed by atoms with E-state index in [4.69, 9.17) is 0 Å². The topological polar surface area (TPSA) is 50.7 Å². The van der Waals surface area contributed by atoms with Crippen molar-refractivity contribution < 1.29 is 13.2 Å². The van der Waals surface area contributed by atoms with Crippen molar-refractivity contribution in [3.05, 3.63) is 35.9 Å². The Morgan fingerprint density at radius 1 is 1.15 bits per heavy atom. The first-order valence-electron chi connectivity index (χ1n) is 5.47. The van der Waals surface area contributed by atoms with Crippen molar-refractivity contribution in [1.29, 1.82) is 0 Å². The van der Waals surface area contributed by atoms with E-state index in [1.54, 1.807) is 20.0 Å². The Balaban J connectivity index is 0.00000200. The van der Waals surface area contributed by atoms with Gasteiger partial charge in [-0.05, 0) is 19.1 Å². The van der Waals surface area contributed by atoms with Crippen molar-refractivity contribution in [2.45, 2.75) is 13.1 Å². The molecule has 0 atom stereocenters. The number of anilines is 1. The van der Waals surface area contributed by atoms with Crippen molar-refractivity contribution in [2.24, 2.45) is 0 Å². The van der Waals surface area contributed by atoms with Crippen LogP contribution >= 0.6 is 12.4 Å². The van der Waals surface area contributed by atoms with E-state index >= 15 is 0 Å². The molecule has 2 rings (SSSR count). The highest BCUT2D eigenvalue weighted by atomic mass is 35.5. The van der Waals surface area contributed by atoms with E-state index in [1.165, 1.54) is 6.07 Å². The summed E-state index contributed by atoms with van der Waals surface area (Å²) in [6.07, 6.45) is -3.28. The molecule has 0 spiro atoms. The lowest BCUT2D eigenvalue weighted by atomic mass is 10.2. The summed E-state index contributed by atoms with van der Waals surface area (Å²) in [6.45, 7) is 1.71. The van der Waals surface area contributed by atoms with Crippen LogP contribution in [0.1, 0.15) is 11.5 Å². The standard InChI is InChI=1S/C12H11F3N4.ClH/c1-7-18-9(5-11(16-2)19-7)8-3-4-10(17-6-8)12(13,14)15;/h3-6H,1-2H3,(H,16,18,19);1H. The van der Waals surface area contributed by atoms with Gasteiger partial charge in [-0.3, -0.25) is 4.98 Å². The minimum atomic E-state index is -4.43. The Labute approximate surface area is 119 Å². The number of hydrogen-bond acceptors (Lipinski definition) is 4. The van der Waals surface area contributed by atoms with Gasteiger partial charge in [-0.25, -0.2) is 9.97 Å². The molecule has 20 heavy (non-hydrogen) atoms. The van der Waals surface area contributed by atoms with Crippen molar-refractivity contribution in [3.63, 3.8) is 0 Å². The molecular formula is C12H12ClF3N4. The molecule has 4 nitrogen and oxygen atoms in total. The summed E-state index contributed by atoms with van der Waals surface area (Å²) in [4.78, 5) is 11.7. The largest absolute Gasteiger partial charge is 0.433 e. The van der Waals surface area contributed by atoms with Crippen molar-refractivity contribution in [3.8, 4) is 11.3 Å². The molecular weight excluding hydrogens is 293 g/mol. The van der Waals surface area contributed by atoms with Crippen LogP contribution in [0.2, 0.25) is 0 Å². The zero-order valence-corrected chi connectivity index (χ0v) is 11.5. The van der Waals surface area contributed by atoms with E-state index in [0.717, 1.165) is 12.3 Å². The fourth-order valence-corrected chi connectivity index (χ4v) is 1.56. The van der Waals surface area contributed by atoms with E-state index in [9.17, 15) is 13.2 Å². The number of nitrogens with zero attached hydrogens (tertiary/aromatic N) is 3. The maximum atomic E-state index is 12.4. The first-order chi connectivity index (χ1) is 8.90. The van der Waals surface area contributed by atoms with Crippen LogP contribution in [-0.4, -0.2) is 22.0 Å². The summed E-state index contributed by atoms with van der Waals surface area (Å²) in [6, 6.07) is 3.93. The first-order valence-corrected chi connectivity index (χ1v) is 5.47. The van der Waals surface area contributed by atoms with E-state index in [-0.39, 0.29) is 12.4 Å². The second-order valence-electron chi connectivity index (χ2n) is 3.87. The van der Waals surface area contributed by atoms with Gasteiger partial charge >= 0.3 is 6.18 Å². The molecule has 0 radical (unpaired) electrons. The molecule has 108 valence electrons. The molecule has 8 heteroatoms. The summed E-state index contributed by atoms with van der Waals surface area (Å²) < 4.78 is 37.2. The van der Waals surface area contributed by atoms with Crippen molar-refractivity contribution >= 4 is 18.2 Å². The Morgan fingerprint density at radius 2 is 1.85 bits per heavy atom. The molecule has 0 amide bonds. The minimum Gasteiger partial charge on any atom is -0.373 e. The number of pyridine rings is 1. The Morgan fingerprint density at radius 3 is 2.35 bits per heavy atom. The maximum Gasteiger partial charge on any atom is 0.433 e. The van der Waals surface area contributed by atoms with Gasteiger partial charge in [0.15, 0.2) is 0 Å². The van der Waals surface area contributed by atoms with Crippen molar-refractivity contribution in [1.82, 2.24) is 15.0 Å². The lowest BCUT2D eigenvalue weighted by Gasteiger charge is -2.08. The number of alkyl halides is 3. The molecule has 0 bridgehead atoms. The molecule has 0 fully saturated rings. The molecule has 1 N–H and O–H groups in total. The Bertz CT molecular complexity index is 584. The average molecular weight is 305 g/mol. The van der Waals surface area contributed by atoms with Crippen LogP contribution in [0.5, 0.6) is 0 Å². The lowest BCUT2D eigenvalue weighted by Crippen LogP contribution is -2.07. The van der Waals surface area contributed by atoms with Crippen LogP contribution < -0.4 is 5.32 Å². The Kier molecular flexibility index (Phi) is 4.88. The van der Waals surface area contributed by atoms with Crippen molar-refractivity contribution in [2.75, 3.05) is 12.4 Å². The molecule has 0 aliphatic rings. The van der Waals surface area contributed by atoms with Gasteiger partial charge in [0.05, 0.1) is 5.69 Å². The summed E-state index contributed by atoms with van der Waals surface area (Å²) in [5, 5.41) is 2.86. The number of halogens is 4. The zero-order valence-electron chi connectivity index (χ0n) is 10.7. The molecule has 0 unspecified atom stereocenters. The van der Waals surface area contributed by atoms with Crippen LogP contribution in [0.25, 0.3) is 11.3 Å². The second kappa shape index (κ2) is 6.04. The quantitative estimate of drug-likeness (QED) is 0.924. The van der Waals surface area contributed by atoms with Gasteiger partial charge < -0.3 is 5.32 Å². The van der Waals surface area contributed by atoms with Gasteiger partial charge in [-0.15, -0.1) is 12.4 Å². The van der Waals surface area contributed by atoms with Gasteiger partial charge in [0.25, 0.3) is 0 Å². The summed E-state index contributed by atoms with van der Waals surface area (Å²) in [5.41, 5.74) is 0.115. The predicted molar refractivity (Wildman–Crippen MR) is 71.8 cm³/mol. The van der Waals surface area contributed by atoms with Crippen LogP contribution in [-0.2, 0) is 6.18 Å². The third kappa shape index (κ3) is 3.57. The molecule has 0 saturated carbocycles. The van der Waals surface area contributed by atoms with E-state index in [2.05, 4.69) is 20.3 Å². The van der Waals surface area contributed by atoms with Crippen LogP contribution in [0.4, 0.5) is 19.0 Å². The fourth-order valence-electron chi connectivity index (χ4n) is 1.56. The summed E-state index contributed by atoms with van der Waals surface area (Å²) >= 11 is 0. The molecule has 0 saturated heterocycles. The number of nitrogens with one attached hydrogen (secondary N) is 1. The maximum absolute atomic E-state index is 12.4. The smallest absolute Gasteiger partial charge is 0.373 e. The Hall–Kier alpha value is -1.89. The predicted octanol–water partition coefficient (Wildman–Crippen LogP) is 3.33. The molecule has 2 aromatic heterocycles. The molecule has 2 heterocycles. The van der Waals surface area contributed by atoms with Crippen LogP contribution in [0.15, 0.2) is 24.4 Å². The zero-order chi connectivity index (χ0) is 14.0. The van der Waals surface area contributed by atoms with Gasteiger partial charge in [-0.1, -0.05) is 0 Å². The third-order valence-electron chi connectivity index (χ3n) is 2.44. The molecule has 2 aromatic rings. The average Bonchev–Trinajstić information content (AvgIpc) is 2.37. The third-order valence-corrected chi connectivity index (χ3v) is 2.44. The van der Waals surface area contributed by atoms with Gasteiger partial charge in [0, 0.05) is 24.9 Å². The second-order valence-corrected chi connectivity index (χ2v) is 3.87. The van der Waals surface area contributed by atoms with Crippen LogP contribution in [0, 0.1) is 6.92 Å². The number of aryl methyl sites for hydroxylation is 1. The summed E-state index contributed by atoms with van der Waals surface area (Å²) in [5.74, 6) is 1.13. The SMILES string of the molecule is CNc1cc(-c2ccc(C(F)(F)F)nc2)nc(C)n1.Cl. The van der Waals surface area contributed by atoms with E-state index in [0.29, 0.717) is 22.9 Å². The molecule has 0 aliphatic carbocycles. The highest BCUT2D eigenvalue weighted by molar-refractivity contribution is 5.85. The number of rotatable bonds is 2. The normalized spacial score (nSPS) is 10.8. The molecule has 0 aromatic carbocycles. The number of hydrogen-bond donors (Lipinski definition) is 1. The van der Waals surface area contributed by atoms with E-state index in [1.807, 2.05) is 0 Å². The highest BCUT2D eigenvalue weighted by Crippen LogP contribution is 2.28. The van der Waals surface area contributed by atoms with Gasteiger partial charge in [0.2, 0.25) is 0 Å². The minimum absolute atomic E-state index is 0. The van der Waals surface area contributed by atoms with Gasteiger partial charge in [0.1, 0.15) is 17.3 Å². The first kappa shape index (κ1) is 16.2. The number of aromatic nitrogens is 3. The molecule has 0 aliphatic heterocycles. The van der Waals surface area contributed by atoms with Gasteiger partial charge in [-0.2, -0.15) is 13.2 Å². The summed E-state index contributed by atoms with van der Waals surface area (Å²) in [7, 11) is 1.70. The van der Waals surface area contributed by atoms with Crippen LogP contribution in [0.3, 0.4) is 0 Å².